The Hall–Kier alpha value is -1.85. The molecule has 1 aliphatic heterocycles. The number of ether oxygens (including phenoxy) is 1. The van der Waals surface area contributed by atoms with Crippen molar-refractivity contribution in [2.24, 2.45) is 4.99 Å². The zero-order valence-corrected chi connectivity index (χ0v) is 15.1. The summed E-state index contributed by atoms with van der Waals surface area (Å²) in [6.45, 7) is 2.74. The molecule has 1 atom stereocenters. The number of thioether (sulfide) groups is 1. The summed E-state index contributed by atoms with van der Waals surface area (Å²) in [5.41, 5.74) is 0.946. The average Bonchev–Trinajstić information content (AvgIpc) is 3.23. The lowest BCUT2D eigenvalue weighted by atomic mass is 10.3. The summed E-state index contributed by atoms with van der Waals surface area (Å²) in [4.78, 5) is 18.5. The van der Waals surface area contributed by atoms with Gasteiger partial charge in [0.05, 0.1) is 17.2 Å². The molecule has 2 aromatic rings. The van der Waals surface area contributed by atoms with Gasteiger partial charge in [0.2, 0.25) is 0 Å². The third-order valence-electron chi connectivity index (χ3n) is 3.62. The maximum absolute atomic E-state index is 10.7. The standard InChI is InChI=1S/C19H19NO2S2/c1-14-2-7-18(23-14)12-20-15-3-5-16(6-4-15)22-11-10-17-8-9-19(13-21)24-17/h2-6,8-9,12-13,18H,7,10-11H2,1H3/b20-12+. The molecule has 0 spiro atoms. The lowest BCUT2D eigenvalue weighted by molar-refractivity contribution is 0.112. The molecule has 2 heterocycles. The summed E-state index contributed by atoms with van der Waals surface area (Å²) < 4.78 is 5.75. The number of rotatable bonds is 7. The topological polar surface area (TPSA) is 38.7 Å². The minimum absolute atomic E-state index is 0.461. The molecule has 0 aliphatic carbocycles. The smallest absolute Gasteiger partial charge is 0.160 e. The van der Waals surface area contributed by atoms with Gasteiger partial charge in [0.25, 0.3) is 0 Å². The highest BCUT2D eigenvalue weighted by molar-refractivity contribution is 8.04. The van der Waals surface area contributed by atoms with Gasteiger partial charge in [0, 0.05) is 22.8 Å². The van der Waals surface area contributed by atoms with E-state index < -0.39 is 0 Å². The molecule has 1 unspecified atom stereocenters. The molecule has 0 fully saturated rings. The normalized spacial score (nSPS) is 17.2. The number of benzene rings is 1. The van der Waals surface area contributed by atoms with Crippen LogP contribution in [0.2, 0.25) is 0 Å². The Kier molecular flexibility index (Phi) is 5.88. The zero-order valence-electron chi connectivity index (χ0n) is 13.5. The average molecular weight is 358 g/mol. The SMILES string of the molecule is CC1=CCC(/C=N/c2ccc(OCCc3ccc(C=O)s3)cc2)S1. The summed E-state index contributed by atoms with van der Waals surface area (Å²) in [6, 6.07) is 11.7. The molecule has 0 radical (unpaired) electrons. The molecule has 1 aromatic heterocycles. The van der Waals surface area contributed by atoms with Crippen LogP contribution >= 0.6 is 23.1 Å². The maximum Gasteiger partial charge on any atom is 0.160 e. The van der Waals surface area contributed by atoms with Crippen molar-refractivity contribution < 1.29 is 9.53 Å². The molecule has 1 aliphatic rings. The van der Waals surface area contributed by atoms with Gasteiger partial charge in [0.15, 0.2) is 6.29 Å². The van der Waals surface area contributed by atoms with E-state index in [1.165, 1.54) is 16.2 Å². The van der Waals surface area contributed by atoms with Crippen molar-refractivity contribution in [3.8, 4) is 5.75 Å². The van der Waals surface area contributed by atoms with Crippen molar-refractivity contribution in [1.82, 2.24) is 0 Å². The summed E-state index contributed by atoms with van der Waals surface area (Å²) in [7, 11) is 0. The van der Waals surface area contributed by atoms with E-state index in [-0.39, 0.29) is 0 Å². The number of aliphatic imine (C=N–C) groups is 1. The van der Waals surface area contributed by atoms with Gasteiger partial charge in [-0.2, -0.15) is 0 Å². The Morgan fingerprint density at radius 2 is 2.08 bits per heavy atom. The minimum atomic E-state index is 0.461. The van der Waals surface area contributed by atoms with Crippen molar-refractivity contribution in [3.05, 3.63) is 57.1 Å². The maximum atomic E-state index is 10.7. The van der Waals surface area contributed by atoms with Gasteiger partial charge in [-0.25, -0.2) is 0 Å². The monoisotopic (exact) mass is 357 g/mol. The van der Waals surface area contributed by atoms with Crippen molar-refractivity contribution >= 4 is 41.3 Å². The quantitative estimate of drug-likeness (QED) is 0.499. The highest BCUT2D eigenvalue weighted by Gasteiger charge is 2.12. The molecule has 24 heavy (non-hydrogen) atoms. The van der Waals surface area contributed by atoms with Gasteiger partial charge in [-0.15, -0.1) is 23.1 Å². The molecule has 3 rings (SSSR count). The summed E-state index contributed by atoms with van der Waals surface area (Å²) in [5.74, 6) is 0.842. The number of allylic oxidation sites excluding steroid dienone is 2. The van der Waals surface area contributed by atoms with Crippen molar-refractivity contribution in [1.29, 1.82) is 0 Å². The number of aldehydes is 1. The summed E-state index contributed by atoms with van der Waals surface area (Å²) in [5, 5.41) is 0.461. The van der Waals surface area contributed by atoms with Crippen LogP contribution < -0.4 is 4.74 Å². The lowest BCUT2D eigenvalue weighted by Crippen LogP contribution is -1.99. The van der Waals surface area contributed by atoms with E-state index >= 15 is 0 Å². The number of thiophene rings is 1. The van der Waals surface area contributed by atoms with Crippen LogP contribution in [-0.2, 0) is 6.42 Å². The van der Waals surface area contributed by atoms with E-state index in [0.717, 1.165) is 40.3 Å². The van der Waals surface area contributed by atoms with Crippen LogP contribution in [0.1, 0.15) is 27.9 Å². The van der Waals surface area contributed by atoms with E-state index in [1.807, 2.05) is 54.4 Å². The molecule has 3 nitrogen and oxygen atoms in total. The third-order valence-corrected chi connectivity index (χ3v) is 5.84. The van der Waals surface area contributed by atoms with Crippen LogP contribution in [0.4, 0.5) is 5.69 Å². The molecular weight excluding hydrogens is 338 g/mol. The number of nitrogens with zero attached hydrogens (tertiary/aromatic N) is 1. The Bertz CT molecular complexity index is 747. The summed E-state index contributed by atoms with van der Waals surface area (Å²) >= 11 is 3.38. The van der Waals surface area contributed by atoms with Crippen LogP contribution in [0.25, 0.3) is 0 Å². The van der Waals surface area contributed by atoms with Gasteiger partial charge < -0.3 is 4.74 Å². The zero-order chi connectivity index (χ0) is 16.8. The first-order valence-corrected chi connectivity index (χ1v) is 9.57. The molecular formula is C19H19NO2S2. The second-order valence-corrected chi connectivity index (χ2v) is 8.18. The van der Waals surface area contributed by atoms with Gasteiger partial charge in [-0.1, -0.05) is 6.08 Å². The largest absolute Gasteiger partial charge is 0.493 e. The first kappa shape index (κ1) is 17.0. The summed E-state index contributed by atoms with van der Waals surface area (Å²) in [6.07, 6.45) is 7.04. The third kappa shape index (κ3) is 4.82. The fourth-order valence-corrected chi connectivity index (χ4v) is 4.16. The van der Waals surface area contributed by atoms with Gasteiger partial charge in [0.1, 0.15) is 5.75 Å². The van der Waals surface area contributed by atoms with Gasteiger partial charge in [-0.3, -0.25) is 9.79 Å². The van der Waals surface area contributed by atoms with Gasteiger partial charge in [-0.05, 0) is 54.6 Å². The molecule has 0 bridgehead atoms. The fraction of sp³-hybridized carbons (Fsp3) is 0.263. The van der Waals surface area contributed by atoms with Crippen molar-refractivity contribution in [2.45, 2.75) is 25.0 Å². The van der Waals surface area contributed by atoms with E-state index in [4.69, 9.17) is 4.74 Å². The number of hydrogen-bond acceptors (Lipinski definition) is 5. The predicted molar refractivity (Wildman–Crippen MR) is 103 cm³/mol. The Balaban J connectivity index is 1.45. The van der Waals surface area contributed by atoms with Gasteiger partial charge >= 0.3 is 0 Å². The minimum Gasteiger partial charge on any atom is -0.493 e. The van der Waals surface area contributed by atoms with Crippen molar-refractivity contribution in [3.63, 3.8) is 0 Å². The Labute approximate surface area is 150 Å². The van der Waals surface area contributed by atoms with E-state index in [2.05, 4.69) is 18.0 Å². The first-order valence-electron chi connectivity index (χ1n) is 7.87. The fourth-order valence-electron chi connectivity index (χ4n) is 2.37. The van der Waals surface area contributed by atoms with Crippen LogP contribution in [0.5, 0.6) is 5.75 Å². The molecule has 1 aromatic carbocycles. The predicted octanol–water partition coefficient (Wildman–Crippen LogP) is 5.29. The van der Waals surface area contributed by atoms with E-state index in [0.29, 0.717) is 11.9 Å². The van der Waals surface area contributed by atoms with Crippen LogP contribution in [0.3, 0.4) is 0 Å². The molecule has 0 N–H and O–H groups in total. The number of hydrogen-bond donors (Lipinski definition) is 0. The second kappa shape index (κ2) is 8.31. The van der Waals surface area contributed by atoms with E-state index in [1.54, 1.807) is 0 Å². The number of carbonyl (C=O) groups excluding carboxylic acids is 1. The Morgan fingerprint density at radius 1 is 1.25 bits per heavy atom. The highest BCUT2D eigenvalue weighted by atomic mass is 32.2. The first-order chi connectivity index (χ1) is 11.7. The molecule has 5 heteroatoms. The van der Waals surface area contributed by atoms with Crippen LogP contribution in [0, 0.1) is 0 Å². The Morgan fingerprint density at radius 3 is 2.75 bits per heavy atom. The number of carbonyl (C=O) groups is 1. The second-order valence-electron chi connectivity index (χ2n) is 5.50. The molecule has 0 saturated carbocycles. The lowest BCUT2D eigenvalue weighted by Gasteiger charge is -2.05. The molecule has 124 valence electrons. The molecule has 0 amide bonds. The van der Waals surface area contributed by atoms with E-state index in [9.17, 15) is 4.79 Å². The highest BCUT2D eigenvalue weighted by Crippen LogP contribution is 2.31. The van der Waals surface area contributed by atoms with Crippen molar-refractivity contribution in [2.75, 3.05) is 6.61 Å². The van der Waals surface area contributed by atoms with Crippen LogP contribution in [0.15, 0.2) is 52.4 Å². The van der Waals surface area contributed by atoms with Crippen LogP contribution in [-0.4, -0.2) is 24.4 Å². The molecule has 0 saturated heterocycles.